The van der Waals surface area contributed by atoms with E-state index in [0.717, 1.165) is 23.3 Å². The number of imide groups is 4. The van der Waals surface area contributed by atoms with Crippen LogP contribution < -0.4 is 5.43 Å². The van der Waals surface area contributed by atoms with Gasteiger partial charge < -0.3 is 9.84 Å². The standard InChI is InChI=1S/C35H31N3O7/c1-19-11-13-22(14-12-19)36-38-31(41)27-18-26-24(15-16-25-28(26)32(42)37(30(25)40)34(44)45-2)29(20-7-6-10-23(39)17-20)35(27,33(38)43)21-8-4-3-5-9-21/h3-15,17,25-29,36,39H,16,18H2,1-2H3. The molecule has 2 aliphatic heterocycles. The van der Waals surface area contributed by atoms with Crippen LogP contribution in [0.3, 0.4) is 0 Å². The third kappa shape index (κ3) is 4.04. The summed E-state index contributed by atoms with van der Waals surface area (Å²) in [5, 5.41) is 11.7. The van der Waals surface area contributed by atoms with Crippen molar-refractivity contribution >= 4 is 35.4 Å². The number of fused-ring (bicyclic) bond motifs is 4. The number of nitrogens with zero attached hydrogens (tertiary/aromatic N) is 2. The number of aromatic hydroxyl groups is 1. The third-order valence-corrected chi connectivity index (χ3v) is 9.95. The molecule has 0 radical (unpaired) electrons. The number of nitrogens with one attached hydrogen (secondary N) is 1. The van der Waals surface area contributed by atoms with Crippen molar-refractivity contribution in [2.75, 3.05) is 12.5 Å². The van der Waals surface area contributed by atoms with Crippen molar-refractivity contribution in [3.05, 3.63) is 107 Å². The van der Waals surface area contributed by atoms with E-state index < -0.39 is 64.7 Å². The van der Waals surface area contributed by atoms with Crippen LogP contribution in [0, 0.1) is 30.6 Å². The quantitative estimate of drug-likeness (QED) is 0.329. The molecule has 2 heterocycles. The Hall–Kier alpha value is -5.25. The Kier molecular flexibility index (Phi) is 6.61. The highest BCUT2D eigenvalue weighted by atomic mass is 16.5. The molecule has 228 valence electrons. The summed E-state index contributed by atoms with van der Waals surface area (Å²) in [7, 11) is 1.11. The fourth-order valence-corrected chi connectivity index (χ4v) is 8.10. The summed E-state index contributed by atoms with van der Waals surface area (Å²) in [6.45, 7) is 1.94. The SMILES string of the molecule is COC(=O)N1C(=O)C2CC=C3C(CC4C(=O)N(Nc5ccc(C)cc5)C(=O)C4(c4ccccc4)C3c3cccc(O)c3)C2C1=O. The Labute approximate surface area is 259 Å². The van der Waals surface area contributed by atoms with Crippen molar-refractivity contribution in [3.8, 4) is 5.75 Å². The van der Waals surface area contributed by atoms with E-state index in [1.807, 2.05) is 55.5 Å². The molecular formula is C35H31N3O7. The molecule has 0 bridgehead atoms. The number of hydrazine groups is 1. The number of phenolic OH excluding ortho intramolecular Hbond substituents is 1. The number of carbonyl (C=O) groups is 5. The van der Waals surface area contributed by atoms with Gasteiger partial charge in [-0.1, -0.05) is 71.8 Å². The van der Waals surface area contributed by atoms with E-state index in [2.05, 4.69) is 5.43 Å². The predicted molar refractivity (Wildman–Crippen MR) is 161 cm³/mol. The number of hydrogen-bond donors (Lipinski definition) is 2. The Morgan fingerprint density at radius 2 is 1.64 bits per heavy atom. The molecule has 0 aromatic heterocycles. The maximum absolute atomic E-state index is 15.0. The second-order valence-corrected chi connectivity index (χ2v) is 12.2. The molecule has 1 saturated carbocycles. The molecule has 3 fully saturated rings. The number of amides is 5. The van der Waals surface area contributed by atoms with Gasteiger partial charge in [0.2, 0.25) is 11.8 Å². The number of methoxy groups -OCH3 is 1. The van der Waals surface area contributed by atoms with Crippen LogP contribution in [0.15, 0.2) is 90.5 Å². The number of allylic oxidation sites excluding steroid dienone is 2. The van der Waals surface area contributed by atoms with E-state index in [4.69, 9.17) is 4.74 Å². The molecule has 45 heavy (non-hydrogen) atoms. The summed E-state index contributed by atoms with van der Waals surface area (Å²) in [5.74, 6) is -6.26. The topological polar surface area (TPSA) is 133 Å². The van der Waals surface area contributed by atoms with Gasteiger partial charge in [0.15, 0.2) is 0 Å². The lowest BCUT2D eigenvalue weighted by molar-refractivity contribution is -0.140. The van der Waals surface area contributed by atoms with E-state index >= 15 is 0 Å². The second-order valence-electron chi connectivity index (χ2n) is 12.2. The summed E-state index contributed by atoms with van der Waals surface area (Å²) >= 11 is 0. The van der Waals surface area contributed by atoms with Crippen LogP contribution in [0.25, 0.3) is 0 Å². The Bertz CT molecular complexity index is 1790. The number of hydrogen-bond acceptors (Lipinski definition) is 8. The van der Waals surface area contributed by atoms with Crippen molar-refractivity contribution < 1.29 is 33.8 Å². The van der Waals surface area contributed by atoms with Gasteiger partial charge in [-0.05, 0) is 61.1 Å². The van der Waals surface area contributed by atoms with Crippen LogP contribution in [0.5, 0.6) is 5.75 Å². The molecule has 6 atom stereocenters. The zero-order chi connectivity index (χ0) is 31.6. The number of benzene rings is 3. The largest absolute Gasteiger partial charge is 0.508 e. The average Bonchev–Trinajstić information content (AvgIpc) is 3.43. The number of anilines is 1. The smallest absolute Gasteiger partial charge is 0.423 e. The number of carbonyl (C=O) groups excluding carboxylic acids is 5. The van der Waals surface area contributed by atoms with Crippen LogP contribution in [-0.2, 0) is 29.3 Å². The van der Waals surface area contributed by atoms with Gasteiger partial charge in [0.1, 0.15) is 5.75 Å². The third-order valence-electron chi connectivity index (χ3n) is 9.95. The average molecular weight is 606 g/mol. The molecular weight excluding hydrogens is 574 g/mol. The van der Waals surface area contributed by atoms with Gasteiger partial charge in [-0.2, -0.15) is 9.91 Å². The molecule has 5 amide bonds. The minimum absolute atomic E-state index is 0.0148. The molecule has 3 aromatic rings. The van der Waals surface area contributed by atoms with Crippen molar-refractivity contribution in [3.63, 3.8) is 0 Å². The molecule has 2 saturated heterocycles. The van der Waals surface area contributed by atoms with Gasteiger partial charge >= 0.3 is 6.09 Å². The first-order valence-electron chi connectivity index (χ1n) is 14.9. The highest BCUT2D eigenvalue weighted by molar-refractivity contribution is 6.16. The predicted octanol–water partition coefficient (Wildman–Crippen LogP) is 4.45. The lowest BCUT2D eigenvalue weighted by Gasteiger charge is -2.50. The summed E-state index contributed by atoms with van der Waals surface area (Å²) in [4.78, 5) is 69.7. The van der Waals surface area contributed by atoms with Crippen molar-refractivity contribution in [1.29, 1.82) is 0 Å². The van der Waals surface area contributed by atoms with E-state index in [0.29, 0.717) is 21.7 Å². The van der Waals surface area contributed by atoms with Gasteiger partial charge in [0, 0.05) is 5.92 Å². The number of rotatable bonds is 4. The summed E-state index contributed by atoms with van der Waals surface area (Å²) < 4.78 is 4.76. The van der Waals surface area contributed by atoms with Gasteiger partial charge in [-0.3, -0.25) is 24.6 Å². The van der Waals surface area contributed by atoms with Crippen LogP contribution >= 0.6 is 0 Å². The molecule has 7 rings (SSSR count). The fourth-order valence-electron chi connectivity index (χ4n) is 8.10. The molecule has 6 unspecified atom stereocenters. The van der Waals surface area contributed by atoms with Gasteiger partial charge in [0.25, 0.3) is 11.8 Å². The molecule has 3 aromatic carbocycles. The Morgan fingerprint density at radius 1 is 0.911 bits per heavy atom. The normalized spacial score (nSPS) is 28.8. The van der Waals surface area contributed by atoms with Crippen molar-refractivity contribution in [2.45, 2.75) is 31.1 Å². The van der Waals surface area contributed by atoms with E-state index in [9.17, 15) is 29.1 Å². The van der Waals surface area contributed by atoms with Crippen LogP contribution in [0.4, 0.5) is 10.5 Å². The Balaban J connectivity index is 1.44. The molecule has 10 nitrogen and oxygen atoms in total. The monoisotopic (exact) mass is 605 g/mol. The lowest BCUT2D eigenvalue weighted by Crippen LogP contribution is -2.53. The zero-order valence-electron chi connectivity index (χ0n) is 24.7. The van der Waals surface area contributed by atoms with Crippen LogP contribution in [0.1, 0.15) is 35.4 Å². The first-order valence-corrected chi connectivity index (χ1v) is 14.9. The van der Waals surface area contributed by atoms with Gasteiger partial charge in [-0.15, -0.1) is 0 Å². The van der Waals surface area contributed by atoms with Gasteiger partial charge in [-0.25, -0.2) is 4.79 Å². The van der Waals surface area contributed by atoms with Crippen LogP contribution in [0.2, 0.25) is 0 Å². The minimum Gasteiger partial charge on any atom is -0.508 e. The van der Waals surface area contributed by atoms with E-state index in [-0.39, 0.29) is 18.6 Å². The van der Waals surface area contributed by atoms with E-state index in [1.54, 1.807) is 30.3 Å². The maximum Gasteiger partial charge on any atom is 0.423 e. The highest BCUT2D eigenvalue weighted by Gasteiger charge is 2.70. The Morgan fingerprint density at radius 3 is 2.33 bits per heavy atom. The number of phenols is 1. The molecule has 2 N–H and O–H groups in total. The lowest BCUT2D eigenvalue weighted by atomic mass is 9.49. The molecule has 10 heteroatoms. The maximum atomic E-state index is 15.0. The minimum atomic E-state index is -1.44. The van der Waals surface area contributed by atoms with Crippen LogP contribution in [-0.4, -0.2) is 51.8 Å². The summed E-state index contributed by atoms with van der Waals surface area (Å²) in [6, 6.07) is 23.1. The summed E-state index contributed by atoms with van der Waals surface area (Å²) in [5.41, 5.74) is 5.13. The number of aryl methyl sites for hydroxylation is 1. The second kappa shape index (κ2) is 10.4. The van der Waals surface area contributed by atoms with E-state index in [1.165, 1.54) is 6.07 Å². The van der Waals surface area contributed by atoms with Crippen molar-refractivity contribution in [2.24, 2.45) is 23.7 Å². The summed E-state index contributed by atoms with van der Waals surface area (Å²) in [6.07, 6.45) is 1.12. The molecule has 4 aliphatic rings. The number of likely N-dealkylation sites (tertiary alicyclic amines) is 1. The zero-order valence-corrected chi connectivity index (χ0v) is 24.7. The molecule has 2 aliphatic carbocycles. The highest BCUT2D eigenvalue weighted by Crippen LogP contribution is 2.64. The van der Waals surface area contributed by atoms with Gasteiger partial charge in [0.05, 0.1) is 36.0 Å². The first kappa shape index (κ1) is 28.5. The van der Waals surface area contributed by atoms with Crippen molar-refractivity contribution in [1.82, 2.24) is 9.91 Å². The molecule has 0 spiro atoms. The fraction of sp³-hybridized carbons (Fsp3) is 0.286. The number of ether oxygens (including phenoxy) is 1. The first-order chi connectivity index (χ1) is 21.7.